The lowest BCUT2D eigenvalue weighted by Gasteiger charge is -2.06. The maximum Gasteiger partial charge on any atom is 0.322 e. The van der Waals surface area contributed by atoms with Crippen molar-refractivity contribution in [2.24, 2.45) is 0 Å². The topological polar surface area (TPSA) is 86.0 Å². The number of aromatic nitrogens is 5. The van der Waals surface area contributed by atoms with Crippen LogP contribution in [0.25, 0.3) is 5.95 Å². The van der Waals surface area contributed by atoms with Crippen molar-refractivity contribution in [1.29, 1.82) is 0 Å². The van der Waals surface area contributed by atoms with Crippen LogP contribution < -0.4 is 4.74 Å². The molecule has 0 fully saturated rings. The van der Waals surface area contributed by atoms with E-state index < -0.39 is 0 Å². The number of aliphatic hydroxyl groups excluding tert-OH is 1. The van der Waals surface area contributed by atoms with Crippen molar-refractivity contribution in [2.75, 3.05) is 13.2 Å². The van der Waals surface area contributed by atoms with Crippen molar-refractivity contribution >= 4 is 11.6 Å². The Morgan fingerprint density at radius 1 is 1.21 bits per heavy atom. The Labute approximate surface area is 115 Å². The highest BCUT2D eigenvalue weighted by Gasteiger charge is 2.07. The second kappa shape index (κ2) is 7.01. The summed E-state index contributed by atoms with van der Waals surface area (Å²) in [5.74, 6) is 0.364. The fraction of sp³-hybridized carbons (Fsp3) is 0.455. The van der Waals surface area contributed by atoms with Crippen LogP contribution in [0.2, 0.25) is 5.28 Å². The molecule has 0 spiro atoms. The summed E-state index contributed by atoms with van der Waals surface area (Å²) in [4.78, 5) is 15.9. The van der Waals surface area contributed by atoms with E-state index in [2.05, 4.69) is 19.9 Å². The van der Waals surface area contributed by atoms with Gasteiger partial charge in [0.1, 0.15) is 6.33 Å². The third-order valence-electron chi connectivity index (χ3n) is 2.34. The molecule has 2 aromatic heterocycles. The van der Waals surface area contributed by atoms with Gasteiger partial charge in [0.15, 0.2) is 0 Å². The van der Waals surface area contributed by atoms with Gasteiger partial charge in [0.2, 0.25) is 11.2 Å². The minimum absolute atomic E-state index is 0.0732. The van der Waals surface area contributed by atoms with Crippen LogP contribution in [0.5, 0.6) is 6.01 Å². The number of ether oxygens (including phenoxy) is 1. The number of aliphatic hydroxyl groups is 1. The van der Waals surface area contributed by atoms with Gasteiger partial charge in [0.05, 0.1) is 6.61 Å². The average Bonchev–Trinajstić information content (AvgIpc) is 2.92. The number of hydrogen-bond acceptors (Lipinski definition) is 6. The Balaban J connectivity index is 1.97. The van der Waals surface area contributed by atoms with Gasteiger partial charge in [-0.25, -0.2) is 4.98 Å². The monoisotopic (exact) mass is 283 g/mol. The van der Waals surface area contributed by atoms with E-state index in [0.29, 0.717) is 12.6 Å². The predicted octanol–water partition coefficient (Wildman–Crippen LogP) is 1.25. The van der Waals surface area contributed by atoms with E-state index in [1.54, 1.807) is 23.3 Å². The van der Waals surface area contributed by atoms with Crippen LogP contribution in [0.4, 0.5) is 0 Å². The summed E-state index contributed by atoms with van der Waals surface area (Å²) in [6.45, 7) is 0.673. The first-order valence-corrected chi connectivity index (χ1v) is 6.31. The molecule has 7 nitrogen and oxygen atoms in total. The van der Waals surface area contributed by atoms with Crippen LogP contribution >= 0.6 is 11.6 Å². The molecule has 0 unspecified atom stereocenters. The van der Waals surface area contributed by atoms with Gasteiger partial charge in [-0.05, 0) is 30.9 Å². The molecule has 2 rings (SSSR count). The second-order valence-corrected chi connectivity index (χ2v) is 4.13. The fourth-order valence-electron chi connectivity index (χ4n) is 1.43. The van der Waals surface area contributed by atoms with Crippen molar-refractivity contribution in [2.45, 2.75) is 19.3 Å². The summed E-state index contributed by atoms with van der Waals surface area (Å²) in [6, 6.07) is 0.188. The largest absolute Gasteiger partial charge is 0.463 e. The molecule has 19 heavy (non-hydrogen) atoms. The maximum absolute atomic E-state index is 8.66. The van der Waals surface area contributed by atoms with Crippen molar-refractivity contribution < 1.29 is 9.84 Å². The number of hydrogen-bond donors (Lipinski definition) is 1. The van der Waals surface area contributed by atoms with Gasteiger partial charge in [-0.3, -0.25) is 4.57 Å². The Morgan fingerprint density at radius 3 is 2.84 bits per heavy atom. The van der Waals surface area contributed by atoms with E-state index in [1.165, 1.54) is 0 Å². The van der Waals surface area contributed by atoms with Gasteiger partial charge < -0.3 is 9.84 Å². The summed E-state index contributed by atoms with van der Waals surface area (Å²) in [5, 5.41) is 8.73. The fourth-order valence-corrected chi connectivity index (χ4v) is 1.58. The first-order chi connectivity index (χ1) is 9.29. The summed E-state index contributed by atoms with van der Waals surface area (Å²) < 4.78 is 7.03. The number of nitrogens with zero attached hydrogens (tertiary/aromatic N) is 5. The molecule has 8 heteroatoms. The van der Waals surface area contributed by atoms with Gasteiger partial charge >= 0.3 is 6.01 Å². The number of imidazole rings is 1. The Hall–Kier alpha value is -1.73. The van der Waals surface area contributed by atoms with Crippen LogP contribution in [0.1, 0.15) is 19.3 Å². The normalized spacial score (nSPS) is 10.6. The van der Waals surface area contributed by atoms with Crippen molar-refractivity contribution in [3.63, 3.8) is 0 Å². The standard InChI is InChI=1S/C11H14ClN5O2/c12-9-14-10(17-5-4-13-8-17)16-11(15-9)19-7-3-1-2-6-18/h4-5,8,18H,1-3,6-7H2. The summed E-state index contributed by atoms with van der Waals surface area (Å²) in [5.41, 5.74) is 0. The SMILES string of the molecule is OCCCCCOc1nc(Cl)nc(-n2ccnc2)n1. The number of unbranched alkanes of at least 4 members (excludes halogenated alkanes) is 2. The molecule has 0 aromatic carbocycles. The lowest BCUT2D eigenvalue weighted by Crippen LogP contribution is -2.06. The minimum atomic E-state index is 0.0732. The van der Waals surface area contributed by atoms with E-state index in [-0.39, 0.29) is 17.9 Å². The summed E-state index contributed by atoms with van der Waals surface area (Å²) in [6.07, 6.45) is 7.37. The Kier molecular flexibility index (Phi) is 5.05. The van der Waals surface area contributed by atoms with Gasteiger partial charge in [0.25, 0.3) is 0 Å². The van der Waals surface area contributed by atoms with Gasteiger partial charge in [-0.15, -0.1) is 0 Å². The molecule has 2 heterocycles. The molecule has 0 saturated carbocycles. The maximum atomic E-state index is 8.66. The highest BCUT2D eigenvalue weighted by Crippen LogP contribution is 2.11. The lowest BCUT2D eigenvalue weighted by atomic mass is 10.2. The lowest BCUT2D eigenvalue weighted by molar-refractivity contribution is 0.257. The van der Waals surface area contributed by atoms with E-state index >= 15 is 0 Å². The quantitative estimate of drug-likeness (QED) is 0.770. The zero-order valence-electron chi connectivity index (χ0n) is 10.2. The second-order valence-electron chi connectivity index (χ2n) is 3.79. The highest BCUT2D eigenvalue weighted by atomic mass is 35.5. The smallest absolute Gasteiger partial charge is 0.322 e. The van der Waals surface area contributed by atoms with Crippen LogP contribution in [-0.2, 0) is 0 Å². The zero-order chi connectivity index (χ0) is 13.5. The molecule has 0 bridgehead atoms. The number of halogens is 1. The molecule has 0 atom stereocenters. The minimum Gasteiger partial charge on any atom is -0.463 e. The van der Waals surface area contributed by atoms with Crippen molar-refractivity contribution in [1.82, 2.24) is 24.5 Å². The molecule has 102 valence electrons. The molecule has 2 aromatic rings. The van der Waals surface area contributed by atoms with Gasteiger partial charge in [-0.2, -0.15) is 15.0 Å². The van der Waals surface area contributed by atoms with Gasteiger partial charge in [0, 0.05) is 19.0 Å². The molecular weight excluding hydrogens is 270 g/mol. The molecule has 0 saturated heterocycles. The molecule has 0 amide bonds. The van der Waals surface area contributed by atoms with Gasteiger partial charge in [-0.1, -0.05) is 0 Å². The van der Waals surface area contributed by atoms with E-state index in [0.717, 1.165) is 19.3 Å². The van der Waals surface area contributed by atoms with Crippen LogP contribution in [0, 0.1) is 0 Å². The predicted molar refractivity (Wildman–Crippen MR) is 68.4 cm³/mol. The van der Waals surface area contributed by atoms with Crippen molar-refractivity contribution in [3.8, 4) is 12.0 Å². The molecule has 0 aliphatic heterocycles. The Morgan fingerprint density at radius 2 is 2.11 bits per heavy atom. The molecule has 0 radical (unpaired) electrons. The third kappa shape index (κ3) is 4.15. The van der Waals surface area contributed by atoms with E-state index in [1.807, 2.05) is 0 Å². The van der Waals surface area contributed by atoms with Crippen LogP contribution in [0.3, 0.4) is 0 Å². The Bertz CT molecular complexity index is 506. The summed E-state index contributed by atoms with van der Waals surface area (Å²) in [7, 11) is 0. The average molecular weight is 284 g/mol. The molecular formula is C11H14ClN5O2. The van der Waals surface area contributed by atoms with Crippen molar-refractivity contribution in [3.05, 3.63) is 24.0 Å². The summed E-state index contributed by atoms with van der Waals surface area (Å²) >= 11 is 5.82. The zero-order valence-corrected chi connectivity index (χ0v) is 11.0. The third-order valence-corrected chi connectivity index (χ3v) is 2.51. The molecule has 1 N–H and O–H groups in total. The molecule has 0 aliphatic rings. The first kappa shape index (κ1) is 13.7. The number of rotatable bonds is 7. The molecule has 0 aliphatic carbocycles. The van der Waals surface area contributed by atoms with Crippen LogP contribution in [0.15, 0.2) is 18.7 Å². The van der Waals surface area contributed by atoms with Crippen LogP contribution in [-0.4, -0.2) is 42.8 Å². The van der Waals surface area contributed by atoms with E-state index in [9.17, 15) is 0 Å². The first-order valence-electron chi connectivity index (χ1n) is 5.93. The van der Waals surface area contributed by atoms with E-state index in [4.69, 9.17) is 21.4 Å². The highest BCUT2D eigenvalue weighted by molar-refractivity contribution is 6.28.